The zero-order valence-corrected chi connectivity index (χ0v) is 9.93. The van der Waals surface area contributed by atoms with Gasteiger partial charge in [-0.15, -0.1) is 0 Å². The Kier molecular flexibility index (Phi) is 3.80. The number of benzene rings is 1. The SMILES string of the molecule is Oc1c(CC2CCCNC2)cccc1C(F)(F)F. The molecule has 0 aromatic heterocycles. The maximum atomic E-state index is 12.6. The number of hydrogen-bond acceptors (Lipinski definition) is 2. The molecule has 1 aromatic carbocycles. The third kappa shape index (κ3) is 2.96. The maximum absolute atomic E-state index is 12.6. The van der Waals surface area contributed by atoms with Crippen LogP contribution in [0, 0.1) is 5.92 Å². The average molecular weight is 259 g/mol. The molecule has 18 heavy (non-hydrogen) atoms. The van der Waals surface area contributed by atoms with Crippen molar-refractivity contribution in [3.05, 3.63) is 29.3 Å². The second-order valence-electron chi connectivity index (χ2n) is 4.73. The topological polar surface area (TPSA) is 32.3 Å². The highest BCUT2D eigenvalue weighted by Gasteiger charge is 2.34. The normalized spacial score (nSPS) is 20.9. The first-order valence-electron chi connectivity index (χ1n) is 6.07. The van der Waals surface area contributed by atoms with Crippen molar-refractivity contribution in [3.63, 3.8) is 0 Å². The molecule has 1 heterocycles. The van der Waals surface area contributed by atoms with Gasteiger partial charge in [-0.05, 0) is 49.9 Å². The summed E-state index contributed by atoms with van der Waals surface area (Å²) in [5.74, 6) is -0.316. The Morgan fingerprint density at radius 2 is 2.11 bits per heavy atom. The molecule has 1 aliphatic rings. The number of phenolic OH excluding ortho intramolecular Hbond substituents is 1. The number of halogens is 3. The number of piperidine rings is 1. The van der Waals surface area contributed by atoms with E-state index in [4.69, 9.17) is 0 Å². The lowest BCUT2D eigenvalue weighted by Crippen LogP contribution is -2.30. The van der Waals surface area contributed by atoms with Crippen molar-refractivity contribution < 1.29 is 18.3 Å². The Morgan fingerprint density at radius 1 is 1.33 bits per heavy atom. The van der Waals surface area contributed by atoms with Gasteiger partial charge in [0.1, 0.15) is 5.75 Å². The van der Waals surface area contributed by atoms with E-state index in [0.717, 1.165) is 32.0 Å². The van der Waals surface area contributed by atoms with Crippen LogP contribution in [-0.2, 0) is 12.6 Å². The van der Waals surface area contributed by atoms with Gasteiger partial charge in [0.05, 0.1) is 5.56 Å². The summed E-state index contributed by atoms with van der Waals surface area (Å²) in [4.78, 5) is 0. The number of nitrogens with one attached hydrogen (secondary N) is 1. The van der Waals surface area contributed by atoms with Gasteiger partial charge in [-0.25, -0.2) is 0 Å². The van der Waals surface area contributed by atoms with Gasteiger partial charge in [0.25, 0.3) is 0 Å². The van der Waals surface area contributed by atoms with Crippen molar-refractivity contribution in [1.82, 2.24) is 5.32 Å². The Morgan fingerprint density at radius 3 is 2.72 bits per heavy atom. The molecule has 1 unspecified atom stereocenters. The lowest BCUT2D eigenvalue weighted by molar-refractivity contribution is -0.138. The summed E-state index contributed by atoms with van der Waals surface area (Å²) in [5, 5.41) is 12.9. The van der Waals surface area contributed by atoms with Gasteiger partial charge < -0.3 is 10.4 Å². The Labute approximate surface area is 104 Å². The molecule has 0 saturated carbocycles. The standard InChI is InChI=1S/C13H16F3NO/c14-13(15,16)11-5-1-4-10(12(11)18)7-9-3-2-6-17-8-9/h1,4-5,9,17-18H,2-3,6-8H2. The van der Waals surface area contributed by atoms with E-state index >= 15 is 0 Å². The first kappa shape index (κ1) is 13.2. The lowest BCUT2D eigenvalue weighted by atomic mass is 9.91. The third-order valence-electron chi connectivity index (χ3n) is 3.33. The maximum Gasteiger partial charge on any atom is 0.419 e. The van der Waals surface area contributed by atoms with E-state index in [9.17, 15) is 18.3 Å². The molecule has 1 fully saturated rings. The van der Waals surface area contributed by atoms with Crippen molar-refractivity contribution in [2.24, 2.45) is 5.92 Å². The number of aromatic hydroxyl groups is 1. The van der Waals surface area contributed by atoms with Crippen LogP contribution in [0.4, 0.5) is 13.2 Å². The summed E-state index contributed by atoms with van der Waals surface area (Å²) < 4.78 is 37.9. The van der Waals surface area contributed by atoms with Gasteiger partial charge in [0.15, 0.2) is 0 Å². The number of para-hydroxylation sites is 1. The van der Waals surface area contributed by atoms with Gasteiger partial charge in [0, 0.05) is 0 Å². The molecule has 0 amide bonds. The molecular formula is C13H16F3NO. The zero-order chi connectivity index (χ0) is 13.2. The summed E-state index contributed by atoms with van der Waals surface area (Å²) in [7, 11) is 0. The number of rotatable bonds is 2. The molecule has 1 aliphatic heterocycles. The predicted molar refractivity (Wildman–Crippen MR) is 62.4 cm³/mol. The van der Waals surface area contributed by atoms with Crippen LogP contribution in [0.2, 0.25) is 0 Å². The third-order valence-corrected chi connectivity index (χ3v) is 3.33. The molecule has 0 bridgehead atoms. The van der Waals surface area contributed by atoms with Gasteiger partial charge in [0.2, 0.25) is 0 Å². The fourth-order valence-electron chi connectivity index (χ4n) is 2.39. The van der Waals surface area contributed by atoms with E-state index in [-0.39, 0.29) is 0 Å². The van der Waals surface area contributed by atoms with Crippen LogP contribution in [0.3, 0.4) is 0 Å². The van der Waals surface area contributed by atoms with Crippen LogP contribution in [0.25, 0.3) is 0 Å². The molecule has 0 radical (unpaired) electrons. The summed E-state index contributed by atoms with van der Waals surface area (Å²) in [6.07, 6.45) is -1.99. The molecule has 1 aromatic rings. The molecule has 2 N–H and O–H groups in total. The highest BCUT2D eigenvalue weighted by atomic mass is 19.4. The van der Waals surface area contributed by atoms with E-state index in [2.05, 4.69) is 5.32 Å². The van der Waals surface area contributed by atoms with E-state index in [1.165, 1.54) is 6.07 Å². The minimum Gasteiger partial charge on any atom is -0.507 e. The van der Waals surface area contributed by atoms with Crippen molar-refractivity contribution in [3.8, 4) is 5.75 Å². The second kappa shape index (κ2) is 5.18. The van der Waals surface area contributed by atoms with Crippen molar-refractivity contribution in [1.29, 1.82) is 0 Å². The van der Waals surface area contributed by atoms with Gasteiger partial charge in [-0.2, -0.15) is 13.2 Å². The van der Waals surface area contributed by atoms with Crippen LogP contribution in [-0.4, -0.2) is 18.2 Å². The smallest absolute Gasteiger partial charge is 0.419 e. The molecule has 2 rings (SSSR count). The summed E-state index contributed by atoms with van der Waals surface area (Å²) >= 11 is 0. The minimum atomic E-state index is -4.50. The molecule has 1 atom stereocenters. The van der Waals surface area contributed by atoms with E-state index in [1.807, 2.05) is 0 Å². The Bertz CT molecular complexity index is 411. The fraction of sp³-hybridized carbons (Fsp3) is 0.538. The average Bonchev–Trinajstić information content (AvgIpc) is 2.32. The van der Waals surface area contributed by atoms with Gasteiger partial charge >= 0.3 is 6.18 Å². The molecule has 0 aliphatic carbocycles. The van der Waals surface area contributed by atoms with E-state index in [0.29, 0.717) is 17.9 Å². The molecule has 0 spiro atoms. The van der Waals surface area contributed by atoms with E-state index in [1.54, 1.807) is 6.07 Å². The first-order valence-corrected chi connectivity index (χ1v) is 6.07. The fourth-order valence-corrected chi connectivity index (χ4v) is 2.39. The zero-order valence-electron chi connectivity index (χ0n) is 9.93. The van der Waals surface area contributed by atoms with Crippen LogP contribution in [0.15, 0.2) is 18.2 Å². The summed E-state index contributed by atoms with van der Waals surface area (Å²) in [6.45, 7) is 1.76. The van der Waals surface area contributed by atoms with Crippen molar-refractivity contribution >= 4 is 0 Å². The summed E-state index contributed by atoms with van der Waals surface area (Å²) in [5.41, 5.74) is -0.553. The Hall–Kier alpha value is -1.23. The second-order valence-corrected chi connectivity index (χ2v) is 4.73. The van der Waals surface area contributed by atoms with Crippen LogP contribution >= 0.6 is 0 Å². The number of hydrogen-bond donors (Lipinski definition) is 2. The molecular weight excluding hydrogens is 243 g/mol. The highest BCUT2D eigenvalue weighted by molar-refractivity contribution is 5.42. The largest absolute Gasteiger partial charge is 0.507 e. The molecule has 100 valence electrons. The lowest BCUT2D eigenvalue weighted by Gasteiger charge is -2.23. The Balaban J connectivity index is 2.18. The monoisotopic (exact) mass is 259 g/mol. The van der Waals surface area contributed by atoms with Gasteiger partial charge in [-0.1, -0.05) is 12.1 Å². The van der Waals surface area contributed by atoms with Crippen LogP contribution in [0.1, 0.15) is 24.0 Å². The first-order chi connectivity index (χ1) is 8.48. The highest BCUT2D eigenvalue weighted by Crippen LogP contribution is 2.38. The van der Waals surface area contributed by atoms with Crippen molar-refractivity contribution in [2.45, 2.75) is 25.4 Å². The molecule has 1 saturated heterocycles. The number of phenols is 1. The summed E-state index contributed by atoms with van der Waals surface area (Å²) in [6, 6.07) is 3.84. The number of alkyl halides is 3. The van der Waals surface area contributed by atoms with Crippen LogP contribution in [0.5, 0.6) is 5.75 Å². The predicted octanol–water partition coefficient (Wildman–Crippen LogP) is 2.95. The van der Waals surface area contributed by atoms with Crippen molar-refractivity contribution in [2.75, 3.05) is 13.1 Å². The molecule has 2 nitrogen and oxygen atoms in total. The van der Waals surface area contributed by atoms with E-state index < -0.39 is 17.5 Å². The minimum absolute atomic E-state index is 0.299. The van der Waals surface area contributed by atoms with Crippen LogP contribution < -0.4 is 5.32 Å². The quantitative estimate of drug-likeness (QED) is 0.855. The molecule has 5 heteroatoms. The van der Waals surface area contributed by atoms with Gasteiger partial charge in [-0.3, -0.25) is 0 Å².